The van der Waals surface area contributed by atoms with Crippen LogP contribution in [0.5, 0.6) is 0 Å². The lowest BCUT2D eigenvalue weighted by atomic mass is 10.0. The first-order valence-corrected chi connectivity index (χ1v) is 9.78. The molecule has 0 aromatic heterocycles. The zero-order valence-electron chi connectivity index (χ0n) is 15.9. The monoisotopic (exact) mass is 400 g/mol. The first-order chi connectivity index (χ1) is 13.5. The number of nitrogens with one attached hydrogen (secondary N) is 3. The van der Waals surface area contributed by atoms with Gasteiger partial charge in [0.1, 0.15) is 0 Å². The van der Waals surface area contributed by atoms with Crippen molar-refractivity contribution in [1.29, 1.82) is 0 Å². The summed E-state index contributed by atoms with van der Waals surface area (Å²) in [5, 5.41) is 8.83. The van der Waals surface area contributed by atoms with Crippen molar-refractivity contribution in [2.24, 2.45) is 0 Å². The number of urea groups is 1. The van der Waals surface area contributed by atoms with E-state index < -0.39 is 0 Å². The molecule has 2 aromatic rings. The van der Waals surface area contributed by atoms with Gasteiger partial charge < -0.3 is 16.0 Å². The number of hydrogen-bond acceptors (Lipinski definition) is 3. The molecule has 1 fully saturated rings. The molecule has 0 aliphatic carbocycles. The molecule has 2 aromatic carbocycles. The molecule has 1 aliphatic heterocycles. The molecule has 148 valence electrons. The third-order valence-corrected chi connectivity index (χ3v) is 5.02. The second-order valence-electron chi connectivity index (χ2n) is 7.01. The highest BCUT2D eigenvalue weighted by atomic mass is 35.5. The van der Waals surface area contributed by atoms with Gasteiger partial charge >= 0.3 is 6.03 Å². The summed E-state index contributed by atoms with van der Waals surface area (Å²) in [4.78, 5) is 25.8. The summed E-state index contributed by atoms with van der Waals surface area (Å²) < 4.78 is 0. The molecular weight excluding hydrogens is 376 g/mol. The van der Waals surface area contributed by atoms with Crippen LogP contribution in [0.25, 0.3) is 0 Å². The van der Waals surface area contributed by atoms with Gasteiger partial charge in [0.25, 0.3) is 0 Å². The lowest BCUT2D eigenvalue weighted by molar-refractivity contribution is -0.114. The maximum atomic E-state index is 12.3. The van der Waals surface area contributed by atoms with Crippen LogP contribution >= 0.6 is 11.6 Å². The van der Waals surface area contributed by atoms with Gasteiger partial charge in [-0.2, -0.15) is 0 Å². The fraction of sp³-hybridized carbons (Fsp3) is 0.333. The van der Waals surface area contributed by atoms with E-state index in [0.29, 0.717) is 16.4 Å². The van der Waals surface area contributed by atoms with Crippen molar-refractivity contribution >= 4 is 34.9 Å². The van der Waals surface area contributed by atoms with E-state index in [2.05, 4.69) is 45.1 Å². The van der Waals surface area contributed by atoms with Gasteiger partial charge in [0.05, 0.1) is 10.7 Å². The van der Waals surface area contributed by atoms with Crippen molar-refractivity contribution < 1.29 is 9.59 Å². The Morgan fingerprint density at radius 2 is 1.79 bits per heavy atom. The number of rotatable bonds is 5. The van der Waals surface area contributed by atoms with Crippen molar-refractivity contribution in [2.45, 2.75) is 32.4 Å². The first kappa shape index (κ1) is 20.2. The van der Waals surface area contributed by atoms with Crippen LogP contribution in [-0.4, -0.2) is 36.0 Å². The highest BCUT2D eigenvalue weighted by molar-refractivity contribution is 6.34. The minimum absolute atomic E-state index is 0.143. The second-order valence-corrected chi connectivity index (χ2v) is 7.42. The van der Waals surface area contributed by atoms with E-state index in [0.717, 1.165) is 32.5 Å². The Hall–Kier alpha value is -2.57. The van der Waals surface area contributed by atoms with Gasteiger partial charge in [-0.25, -0.2) is 4.79 Å². The second kappa shape index (κ2) is 9.57. The molecule has 0 unspecified atom stereocenters. The molecule has 1 heterocycles. The number of benzene rings is 2. The van der Waals surface area contributed by atoms with Crippen molar-refractivity contribution in [1.82, 2.24) is 10.2 Å². The first-order valence-electron chi connectivity index (χ1n) is 9.40. The molecule has 28 heavy (non-hydrogen) atoms. The molecule has 0 radical (unpaired) electrons. The average Bonchev–Trinajstić information content (AvgIpc) is 2.66. The predicted octanol–water partition coefficient (Wildman–Crippen LogP) is 4.08. The molecule has 3 N–H and O–H groups in total. The molecule has 3 rings (SSSR count). The fourth-order valence-corrected chi connectivity index (χ4v) is 3.55. The third kappa shape index (κ3) is 5.97. The number of nitrogens with zero attached hydrogens (tertiary/aromatic N) is 1. The number of carbonyl (C=O) groups excluding carboxylic acids is 2. The molecule has 1 saturated heterocycles. The molecule has 6 nitrogen and oxygen atoms in total. The molecule has 0 bridgehead atoms. The summed E-state index contributed by atoms with van der Waals surface area (Å²) in [7, 11) is 0. The van der Waals surface area contributed by atoms with Crippen molar-refractivity contribution in [2.75, 3.05) is 23.7 Å². The lowest BCUT2D eigenvalue weighted by Gasteiger charge is -2.32. The van der Waals surface area contributed by atoms with E-state index in [9.17, 15) is 9.59 Å². The van der Waals surface area contributed by atoms with Crippen LogP contribution in [0.15, 0.2) is 48.5 Å². The Labute approximate surface area is 170 Å². The van der Waals surface area contributed by atoms with Crippen LogP contribution in [0.4, 0.5) is 16.2 Å². The van der Waals surface area contributed by atoms with E-state index in [1.807, 2.05) is 6.07 Å². The lowest BCUT2D eigenvalue weighted by Crippen LogP contribution is -2.45. The highest BCUT2D eigenvalue weighted by Crippen LogP contribution is 2.25. The topological polar surface area (TPSA) is 73.5 Å². The number of anilines is 2. The molecule has 3 amide bonds. The average molecular weight is 401 g/mol. The molecule has 1 aliphatic rings. The van der Waals surface area contributed by atoms with E-state index in [1.165, 1.54) is 12.5 Å². The smallest absolute Gasteiger partial charge is 0.319 e. The summed E-state index contributed by atoms with van der Waals surface area (Å²) >= 11 is 6.20. The van der Waals surface area contributed by atoms with Crippen molar-refractivity contribution in [3.05, 3.63) is 59.1 Å². The summed E-state index contributed by atoms with van der Waals surface area (Å²) in [5.41, 5.74) is 2.41. The van der Waals surface area contributed by atoms with Gasteiger partial charge in [-0.1, -0.05) is 41.9 Å². The largest absolute Gasteiger partial charge is 0.335 e. The number of likely N-dealkylation sites (tertiary alicyclic amines) is 1. The van der Waals surface area contributed by atoms with Gasteiger partial charge in [-0.15, -0.1) is 0 Å². The summed E-state index contributed by atoms with van der Waals surface area (Å²) in [6.07, 6.45) is 1.82. The Kier molecular flexibility index (Phi) is 6.90. The number of piperidine rings is 1. The molecule has 7 heteroatoms. The van der Waals surface area contributed by atoms with Crippen LogP contribution in [0.3, 0.4) is 0 Å². The van der Waals surface area contributed by atoms with Crippen molar-refractivity contribution in [3.63, 3.8) is 0 Å². The Morgan fingerprint density at radius 3 is 2.43 bits per heavy atom. The molecule has 0 spiro atoms. The van der Waals surface area contributed by atoms with E-state index in [-0.39, 0.29) is 18.0 Å². The fourth-order valence-electron chi connectivity index (χ4n) is 3.32. The summed E-state index contributed by atoms with van der Waals surface area (Å²) in [6.45, 7) is 4.27. The standard InChI is InChI=1S/C21H25ClN4O2/c1-15(27)23-18-7-8-20(19(22)13-18)25-21(28)24-17-9-11-26(12-10-17)14-16-5-3-2-4-6-16/h2-8,13,17H,9-12,14H2,1H3,(H,23,27)(H2,24,25,28). The maximum Gasteiger partial charge on any atom is 0.319 e. The number of carbonyl (C=O) groups is 2. The minimum atomic E-state index is -0.268. The van der Waals surface area contributed by atoms with Crippen molar-refractivity contribution in [3.8, 4) is 0 Å². The zero-order chi connectivity index (χ0) is 19.9. The van der Waals surface area contributed by atoms with Crippen LogP contribution in [0, 0.1) is 0 Å². The summed E-state index contributed by atoms with van der Waals surface area (Å²) in [5.74, 6) is -0.173. The minimum Gasteiger partial charge on any atom is -0.335 e. The van der Waals surface area contributed by atoms with Crippen LogP contribution in [0.2, 0.25) is 5.02 Å². The van der Waals surface area contributed by atoms with Gasteiger partial charge in [0, 0.05) is 38.3 Å². The van der Waals surface area contributed by atoms with E-state index in [4.69, 9.17) is 11.6 Å². The Morgan fingerprint density at radius 1 is 1.07 bits per heavy atom. The Balaban J connectivity index is 1.45. The quantitative estimate of drug-likeness (QED) is 0.707. The molecule has 0 atom stereocenters. The number of amides is 3. The Bertz CT molecular complexity index is 820. The predicted molar refractivity (Wildman–Crippen MR) is 113 cm³/mol. The maximum absolute atomic E-state index is 12.3. The van der Waals surface area contributed by atoms with Gasteiger partial charge in [-0.05, 0) is 36.6 Å². The number of hydrogen-bond donors (Lipinski definition) is 3. The number of halogens is 1. The third-order valence-electron chi connectivity index (χ3n) is 4.71. The highest BCUT2D eigenvalue weighted by Gasteiger charge is 2.21. The van der Waals surface area contributed by atoms with Crippen LogP contribution < -0.4 is 16.0 Å². The molecular formula is C21H25ClN4O2. The van der Waals surface area contributed by atoms with Crippen LogP contribution in [-0.2, 0) is 11.3 Å². The van der Waals surface area contributed by atoms with E-state index >= 15 is 0 Å². The summed E-state index contributed by atoms with van der Waals surface area (Å²) in [6, 6.07) is 15.3. The molecule has 0 saturated carbocycles. The van der Waals surface area contributed by atoms with Gasteiger partial charge in [0.15, 0.2) is 0 Å². The zero-order valence-corrected chi connectivity index (χ0v) is 16.6. The van der Waals surface area contributed by atoms with E-state index in [1.54, 1.807) is 18.2 Å². The van der Waals surface area contributed by atoms with Crippen LogP contribution in [0.1, 0.15) is 25.3 Å². The van der Waals surface area contributed by atoms with Gasteiger partial charge in [0.2, 0.25) is 5.91 Å². The van der Waals surface area contributed by atoms with Gasteiger partial charge in [-0.3, -0.25) is 9.69 Å². The SMILES string of the molecule is CC(=O)Nc1ccc(NC(=O)NC2CCN(Cc3ccccc3)CC2)c(Cl)c1. The normalized spacial score (nSPS) is 15.1.